The number of nitrogens with one attached hydrogen (secondary N) is 4. The van der Waals surface area contributed by atoms with E-state index < -0.39 is 54.3 Å². The van der Waals surface area contributed by atoms with Gasteiger partial charge >= 0.3 is 12.2 Å². The van der Waals surface area contributed by atoms with Crippen molar-refractivity contribution in [2.75, 3.05) is 0 Å². The summed E-state index contributed by atoms with van der Waals surface area (Å²) in [7, 11) is 0. The number of benzene rings is 4. The highest BCUT2D eigenvalue weighted by Crippen LogP contribution is 2.34. The summed E-state index contributed by atoms with van der Waals surface area (Å²) < 4.78 is 10.9. The fraction of sp³-hybridized carbons (Fsp3) is 0.349. The summed E-state index contributed by atoms with van der Waals surface area (Å²) in [6.07, 6.45) is 0.868. The molecule has 0 aliphatic heterocycles. The van der Waals surface area contributed by atoms with E-state index in [4.69, 9.17) is 9.47 Å². The summed E-state index contributed by atoms with van der Waals surface area (Å²) >= 11 is 0. The summed E-state index contributed by atoms with van der Waals surface area (Å²) in [4.78, 5) is 53.7. The Labute approximate surface area is 315 Å². The van der Waals surface area contributed by atoms with Gasteiger partial charge in [-0.25, -0.2) is 9.59 Å². The summed E-state index contributed by atoms with van der Waals surface area (Å²) in [6.45, 7) is 0.118. The van der Waals surface area contributed by atoms with Gasteiger partial charge in [0.2, 0.25) is 11.8 Å². The standard InChI is InChI=1S/C43H48N4O7/c48-39(35(25-29-13-5-1-6-14-29)44-40(49)37(33-21-22-33)46-42(51)53-27-31-17-9-3-10-18-31)36(26-30-15-7-2-8-16-30)45-41(50)38(34-23-24-34)47-43(52)54-28-32-19-11-4-12-20-32/h1-20,33-39,48H,21-28H2,(H,44,49)(H,45,50)(H,46,51)(H,47,52)/t35-,36-,37?,38?,39?/m0/s1. The Morgan fingerprint density at radius 2 is 0.815 bits per heavy atom. The lowest BCUT2D eigenvalue weighted by atomic mass is 9.91. The number of alkyl carbamates (subject to hydrolysis) is 2. The second kappa shape index (κ2) is 18.9. The normalized spacial score (nSPS) is 16.4. The van der Waals surface area contributed by atoms with Crippen molar-refractivity contribution in [1.82, 2.24) is 21.3 Å². The number of hydrogen-bond donors (Lipinski definition) is 5. The van der Waals surface area contributed by atoms with Crippen LogP contribution in [0.1, 0.15) is 47.9 Å². The number of hydrogen-bond acceptors (Lipinski definition) is 7. The molecule has 0 saturated heterocycles. The first kappa shape index (κ1) is 38.1. The Hall–Kier alpha value is -5.68. The average Bonchev–Trinajstić information content (AvgIpc) is 4.14. The van der Waals surface area contributed by atoms with Gasteiger partial charge in [0.05, 0.1) is 18.2 Å². The van der Waals surface area contributed by atoms with E-state index >= 15 is 0 Å². The lowest BCUT2D eigenvalue weighted by Crippen LogP contribution is -2.60. The second-order valence-corrected chi connectivity index (χ2v) is 14.1. The van der Waals surface area contributed by atoms with Crippen LogP contribution >= 0.6 is 0 Å². The van der Waals surface area contributed by atoms with Gasteiger partial charge in [0, 0.05) is 0 Å². The van der Waals surface area contributed by atoms with Gasteiger partial charge in [0.25, 0.3) is 0 Å². The van der Waals surface area contributed by atoms with E-state index in [-0.39, 0.29) is 37.9 Å². The van der Waals surface area contributed by atoms with Gasteiger partial charge in [-0.1, -0.05) is 121 Å². The van der Waals surface area contributed by atoms with Gasteiger partial charge < -0.3 is 35.8 Å². The molecule has 0 bridgehead atoms. The molecule has 4 atom stereocenters. The minimum atomic E-state index is -1.27. The van der Waals surface area contributed by atoms with Crippen molar-refractivity contribution in [3.63, 3.8) is 0 Å². The largest absolute Gasteiger partial charge is 0.445 e. The second-order valence-electron chi connectivity index (χ2n) is 14.1. The maximum atomic E-state index is 14.0. The molecule has 282 valence electrons. The van der Waals surface area contributed by atoms with Crippen LogP contribution in [0, 0.1) is 11.8 Å². The number of ether oxygens (including phenoxy) is 2. The predicted molar refractivity (Wildman–Crippen MR) is 203 cm³/mol. The molecular formula is C43H48N4O7. The van der Waals surface area contributed by atoms with Crippen molar-refractivity contribution >= 4 is 24.0 Å². The van der Waals surface area contributed by atoms with Crippen LogP contribution in [-0.4, -0.2) is 59.4 Å². The molecule has 2 aliphatic carbocycles. The molecule has 2 fully saturated rings. The number of rotatable bonds is 18. The first-order valence-corrected chi connectivity index (χ1v) is 18.6. The van der Waals surface area contributed by atoms with Crippen LogP contribution in [0.2, 0.25) is 0 Å². The molecule has 11 nitrogen and oxygen atoms in total. The van der Waals surface area contributed by atoms with E-state index in [0.717, 1.165) is 47.9 Å². The van der Waals surface area contributed by atoms with Crippen LogP contribution in [-0.2, 0) is 45.1 Å². The summed E-state index contributed by atoms with van der Waals surface area (Å²) in [6, 6.07) is 34.0. The van der Waals surface area contributed by atoms with Crippen LogP contribution in [0.4, 0.5) is 9.59 Å². The highest BCUT2D eigenvalue weighted by molar-refractivity contribution is 5.87. The van der Waals surface area contributed by atoms with Crippen LogP contribution in [0.15, 0.2) is 121 Å². The maximum Gasteiger partial charge on any atom is 0.408 e. The molecule has 11 heteroatoms. The first-order valence-electron chi connectivity index (χ1n) is 18.6. The minimum absolute atomic E-state index is 0.0589. The van der Waals surface area contributed by atoms with Gasteiger partial charge in [0.1, 0.15) is 25.3 Å². The molecule has 6 rings (SSSR count). The number of amides is 4. The van der Waals surface area contributed by atoms with Crippen LogP contribution in [0.5, 0.6) is 0 Å². The van der Waals surface area contributed by atoms with Crippen LogP contribution < -0.4 is 21.3 Å². The van der Waals surface area contributed by atoms with Crippen molar-refractivity contribution in [3.05, 3.63) is 144 Å². The topological polar surface area (TPSA) is 155 Å². The van der Waals surface area contributed by atoms with Crippen LogP contribution in [0.25, 0.3) is 0 Å². The molecule has 0 heterocycles. The Morgan fingerprint density at radius 3 is 1.13 bits per heavy atom. The van der Waals surface area contributed by atoms with E-state index in [2.05, 4.69) is 21.3 Å². The molecule has 4 aromatic carbocycles. The molecule has 2 aliphatic rings. The summed E-state index contributed by atoms with van der Waals surface area (Å²) in [5, 5.41) is 23.8. The molecule has 54 heavy (non-hydrogen) atoms. The summed E-state index contributed by atoms with van der Waals surface area (Å²) in [5.74, 6) is -1.04. The fourth-order valence-electron chi connectivity index (χ4n) is 6.51. The minimum Gasteiger partial charge on any atom is -0.445 e. The van der Waals surface area contributed by atoms with Crippen molar-refractivity contribution < 1.29 is 33.8 Å². The van der Waals surface area contributed by atoms with Gasteiger partial charge in [-0.15, -0.1) is 0 Å². The smallest absolute Gasteiger partial charge is 0.408 e. The number of aliphatic hydroxyl groups excluding tert-OH is 1. The average molecular weight is 733 g/mol. The highest BCUT2D eigenvalue weighted by atomic mass is 16.6. The first-order chi connectivity index (χ1) is 26.3. The molecule has 5 N–H and O–H groups in total. The predicted octanol–water partition coefficient (Wildman–Crippen LogP) is 5.21. The zero-order valence-electron chi connectivity index (χ0n) is 30.1. The number of carbonyl (C=O) groups excluding carboxylic acids is 4. The van der Waals surface area contributed by atoms with Gasteiger partial charge in [-0.3, -0.25) is 9.59 Å². The van der Waals surface area contributed by atoms with Crippen molar-refractivity contribution in [3.8, 4) is 0 Å². The fourth-order valence-corrected chi connectivity index (χ4v) is 6.51. The van der Waals surface area contributed by atoms with Crippen molar-refractivity contribution in [2.24, 2.45) is 11.8 Å². The summed E-state index contributed by atoms with van der Waals surface area (Å²) in [5.41, 5.74) is 3.37. The van der Waals surface area contributed by atoms with E-state index in [0.29, 0.717) is 0 Å². The third kappa shape index (κ3) is 11.7. The molecular weight excluding hydrogens is 684 g/mol. The zero-order valence-corrected chi connectivity index (χ0v) is 30.1. The number of aliphatic hydroxyl groups is 1. The third-order valence-corrected chi connectivity index (χ3v) is 9.80. The van der Waals surface area contributed by atoms with Gasteiger partial charge in [-0.05, 0) is 72.6 Å². The SMILES string of the molecule is O=C(NC(C(=O)N[C@@H](Cc1ccccc1)C(O)[C@H](Cc1ccccc1)NC(=O)C(NC(=O)OCc1ccccc1)C1CC1)C1CC1)OCc1ccccc1. The van der Waals surface area contributed by atoms with Gasteiger partial charge in [0.15, 0.2) is 0 Å². The van der Waals surface area contributed by atoms with E-state index in [1.165, 1.54) is 0 Å². The third-order valence-electron chi connectivity index (χ3n) is 9.80. The van der Waals surface area contributed by atoms with Crippen molar-refractivity contribution in [2.45, 2.75) is 82.0 Å². The molecule has 2 saturated carbocycles. The van der Waals surface area contributed by atoms with Crippen LogP contribution in [0.3, 0.4) is 0 Å². The maximum absolute atomic E-state index is 14.0. The van der Waals surface area contributed by atoms with E-state index in [9.17, 15) is 24.3 Å². The lowest BCUT2D eigenvalue weighted by Gasteiger charge is -2.33. The zero-order chi connectivity index (χ0) is 37.7. The Morgan fingerprint density at radius 1 is 0.500 bits per heavy atom. The molecule has 0 aromatic heterocycles. The molecule has 4 aromatic rings. The van der Waals surface area contributed by atoms with Gasteiger partial charge in [-0.2, -0.15) is 0 Å². The molecule has 0 spiro atoms. The molecule has 2 unspecified atom stereocenters. The lowest BCUT2D eigenvalue weighted by molar-refractivity contribution is -0.126. The monoisotopic (exact) mass is 732 g/mol. The Bertz CT molecular complexity index is 1670. The van der Waals surface area contributed by atoms with Crippen molar-refractivity contribution in [1.29, 1.82) is 0 Å². The van der Waals surface area contributed by atoms with E-state index in [1.807, 2.05) is 121 Å². The molecule has 0 radical (unpaired) electrons. The quantitative estimate of drug-likeness (QED) is 0.0941. The number of carbonyl (C=O) groups is 4. The Balaban J connectivity index is 1.17. The van der Waals surface area contributed by atoms with E-state index in [1.54, 1.807) is 0 Å². The Kier molecular flexibility index (Phi) is 13.3. The molecule has 4 amide bonds. The highest BCUT2D eigenvalue weighted by Gasteiger charge is 2.42.